The lowest BCUT2D eigenvalue weighted by atomic mass is 10.2. The number of nitrogens with one attached hydrogen (secondary N) is 2. The molecule has 1 aliphatic heterocycles. The van der Waals surface area contributed by atoms with Crippen LogP contribution in [-0.2, 0) is 9.59 Å². The predicted octanol–water partition coefficient (Wildman–Crippen LogP) is 1.16. The Labute approximate surface area is 118 Å². The molecule has 0 saturated carbocycles. The van der Waals surface area contributed by atoms with E-state index in [4.69, 9.17) is 4.74 Å². The van der Waals surface area contributed by atoms with Crippen molar-refractivity contribution < 1.29 is 14.3 Å². The van der Waals surface area contributed by atoms with Crippen LogP contribution in [0.5, 0.6) is 5.75 Å². The van der Waals surface area contributed by atoms with Gasteiger partial charge in [-0.3, -0.25) is 9.59 Å². The second kappa shape index (κ2) is 6.41. The van der Waals surface area contributed by atoms with Gasteiger partial charge in [0, 0.05) is 6.42 Å². The number of rotatable bonds is 5. The van der Waals surface area contributed by atoms with Gasteiger partial charge in [-0.15, -0.1) is 0 Å². The standard InChI is InChI=1S/C15H20N2O3/c1-10-5-3-4-6-13(10)20-9-11(2)16-15(19)12-7-8-14(18)17-12/h3-6,11-12H,7-9H2,1-2H3,(H,16,19)(H,17,18)/t11-,12+/m0/s1. The first-order valence-electron chi connectivity index (χ1n) is 6.84. The van der Waals surface area contributed by atoms with Crippen LogP contribution in [0.25, 0.3) is 0 Å². The van der Waals surface area contributed by atoms with Crippen molar-refractivity contribution in [3.63, 3.8) is 0 Å². The van der Waals surface area contributed by atoms with Crippen LogP contribution < -0.4 is 15.4 Å². The lowest BCUT2D eigenvalue weighted by Gasteiger charge is -2.18. The molecular weight excluding hydrogens is 256 g/mol. The highest BCUT2D eigenvalue weighted by molar-refractivity contribution is 5.90. The van der Waals surface area contributed by atoms with Gasteiger partial charge < -0.3 is 15.4 Å². The molecule has 0 unspecified atom stereocenters. The number of hydrogen-bond acceptors (Lipinski definition) is 3. The maximum Gasteiger partial charge on any atom is 0.242 e. The SMILES string of the molecule is Cc1ccccc1OC[C@H](C)NC(=O)[C@H]1CCC(=O)N1. The third-order valence-corrected chi connectivity index (χ3v) is 3.28. The zero-order valence-corrected chi connectivity index (χ0v) is 11.8. The van der Waals surface area contributed by atoms with Crippen LogP contribution in [0, 0.1) is 6.92 Å². The summed E-state index contributed by atoms with van der Waals surface area (Å²) < 4.78 is 5.68. The van der Waals surface area contributed by atoms with E-state index in [0.29, 0.717) is 19.4 Å². The zero-order valence-electron chi connectivity index (χ0n) is 11.8. The fourth-order valence-electron chi connectivity index (χ4n) is 2.13. The predicted molar refractivity (Wildman–Crippen MR) is 75.4 cm³/mol. The minimum Gasteiger partial charge on any atom is -0.491 e. The Morgan fingerprint density at radius 2 is 2.25 bits per heavy atom. The molecule has 108 valence electrons. The van der Waals surface area contributed by atoms with Gasteiger partial charge in [0.25, 0.3) is 0 Å². The molecule has 0 aliphatic carbocycles. The third kappa shape index (κ3) is 3.73. The number of carbonyl (C=O) groups is 2. The molecular formula is C15H20N2O3. The number of hydrogen-bond donors (Lipinski definition) is 2. The summed E-state index contributed by atoms with van der Waals surface area (Å²) in [5.41, 5.74) is 1.06. The summed E-state index contributed by atoms with van der Waals surface area (Å²) in [6, 6.07) is 7.24. The third-order valence-electron chi connectivity index (χ3n) is 3.28. The van der Waals surface area contributed by atoms with E-state index < -0.39 is 6.04 Å². The van der Waals surface area contributed by atoms with Crippen LogP contribution in [0.3, 0.4) is 0 Å². The Bertz CT molecular complexity index is 502. The highest BCUT2D eigenvalue weighted by Crippen LogP contribution is 2.16. The first-order chi connectivity index (χ1) is 9.56. The number of benzene rings is 1. The molecule has 0 bridgehead atoms. The van der Waals surface area contributed by atoms with Gasteiger partial charge in [0.15, 0.2) is 0 Å². The van der Waals surface area contributed by atoms with Crippen LogP contribution in [-0.4, -0.2) is 30.5 Å². The highest BCUT2D eigenvalue weighted by Gasteiger charge is 2.27. The molecule has 2 N–H and O–H groups in total. The van der Waals surface area contributed by atoms with E-state index in [1.54, 1.807) is 0 Å². The topological polar surface area (TPSA) is 67.4 Å². The van der Waals surface area contributed by atoms with Crippen LogP contribution in [0.4, 0.5) is 0 Å². The Balaban J connectivity index is 1.78. The summed E-state index contributed by atoms with van der Waals surface area (Å²) in [6.45, 7) is 4.26. The van der Waals surface area contributed by atoms with Crippen LogP contribution in [0.1, 0.15) is 25.3 Å². The van der Waals surface area contributed by atoms with Gasteiger partial charge in [0.2, 0.25) is 11.8 Å². The summed E-state index contributed by atoms with van der Waals surface area (Å²) in [5.74, 6) is 0.619. The van der Waals surface area contributed by atoms with E-state index >= 15 is 0 Å². The summed E-state index contributed by atoms with van der Waals surface area (Å²) in [5, 5.41) is 5.50. The van der Waals surface area contributed by atoms with Crippen LogP contribution >= 0.6 is 0 Å². The van der Waals surface area contributed by atoms with E-state index in [1.165, 1.54) is 0 Å². The highest BCUT2D eigenvalue weighted by atomic mass is 16.5. The van der Waals surface area contributed by atoms with Crippen molar-refractivity contribution in [1.82, 2.24) is 10.6 Å². The Hall–Kier alpha value is -2.04. The minimum atomic E-state index is -0.400. The smallest absolute Gasteiger partial charge is 0.242 e. The molecule has 1 aromatic rings. The summed E-state index contributed by atoms with van der Waals surface area (Å²) in [6.07, 6.45) is 0.988. The van der Waals surface area contributed by atoms with Gasteiger partial charge in [-0.25, -0.2) is 0 Å². The molecule has 0 radical (unpaired) electrons. The normalized spacial score (nSPS) is 19.3. The van der Waals surface area contributed by atoms with Crippen molar-refractivity contribution >= 4 is 11.8 Å². The van der Waals surface area contributed by atoms with E-state index in [-0.39, 0.29) is 17.9 Å². The molecule has 1 fully saturated rings. The number of amides is 2. The molecule has 1 aromatic carbocycles. The Morgan fingerprint density at radius 1 is 1.50 bits per heavy atom. The summed E-state index contributed by atoms with van der Waals surface area (Å²) in [7, 11) is 0. The largest absolute Gasteiger partial charge is 0.491 e. The van der Waals surface area contributed by atoms with Crippen LogP contribution in [0.15, 0.2) is 24.3 Å². The summed E-state index contributed by atoms with van der Waals surface area (Å²) >= 11 is 0. The average molecular weight is 276 g/mol. The van der Waals surface area contributed by atoms with Crippen molar-refractivity contribution in [3.05, 3.63) is 29.8 Å². The van der Waals surface area contributed by atoms with Gasteiger partial charge in [-0.05, 0) is 31.9 Å². The van der Waals surface area contributed by atoms with Gasteiger partial charge in [0.1, 0.15) is 18.4 Å². The maximum absolute atomic E-state index is 11.9. The molecule has 2 amide bonds. The average Bonchev–Trinajstić information content (AvgIpc) is 2.84. The molecule has 5 heteroatoms. The van der Waals surface area contributed by atoms with E-state index in [2.05, 4.69) is 10.6 Å². The zero-order chi connectivity index (χ0) is 14.5. The molecule has 1 saturated heterocycles. The van der Waals surface area contributed by atoms with Crippen molar-refractivity contribution in [3.8, 4) is 5.75 Å². The number of carbonyl (C=O) groups excluding carboxylic acids is 2. The van der Waals surface area contributed by atoms with Gasteiger partial charge in [-0.2, -0.15) is 0 Å². The Morgan fingerprint density at radius 3 is 2.90 bits per heavy atom. The van der Waals surface area contributed by atoms with Gasteiger partial charge in [0.05, 0.1) is 6.04 Å². The van der Waals surface area contributed by atoms with Crippen LogP contribution in [0.2, 0.25) is 0 Å². The van der Waals surface area contributed by atoms with Crippen molar-refractivity contribution in [2.45, 2.75) is 38.8 Å². The van der Waals surface area contributed by atoms with Gasteiger partial charge in [-0.1, -0.05) is 18.2 Å². The van der Waals surface area contributed by atoms with E-state index in [0.717, 1.165) is 11.3 Å². The van der Waals surface area contributed by atoms with E-state index in [9.17, 15) is 9.59 Å². The lowest BCUT2D eigenvalue weighted by molar-refractivity contribution is -0.126. The molecule has 5 nitrogen and oxygen atoms in total. The van der Waals surface area contributed by atoms with Gasteiger partial charge >= 0.3 is 0 Å². The van der Waals surface area contributed by atoms with Crippen molar-refractivity contribution in [2.24, 2.45) is 0 Å². The number of aryl methyl sites for hydroxylation is 1. The second-order valence-corrected chi connectivity index (χ2v) is 5.14. The first-order valence-corrected chi connectivity index (χ1v) is 6.84. The molecule has 2 atom stereocenters. The molecule has 0 aromatic heterocycles. The monoisotopic (exact) mass is 276 g/mol. The lowest BCUT2D eigenvalue weighted by Crippen LogP contribution is -2.46. The number of para-hydroxylation sites is 1. The quantitative estimate of drug-likeness (QED) is 0.848. The van der Waals surface area contributed by atoms with E-state index in [1.807, 2.05) is 38.1 Å². The molecule has 20 heavy (non-hydrogen) atoms. The fraction of sp³-hybridized carbons (Fsp3) is 0.467. The minimum absolute atomic E-state index is 0.0611. The maximum atomic E-state index is 11.9. The molecule has 2 rings (SSSR count). The second-order valence-electron chi connectivity index (χ2n) is 5.14. The molecule has 1 heterocycles. The van der Waals surface area contributed by atoms with Crippen molar-refractivity contribution in [2.75, 3.05) is 6.61 Å². The number of ether oxygens (including phenoxy) is 1. The Kier molecular flexibility index (Phi) is 4.61. The molecule has 1 aliphatic rings. The molecule has 0 spiro atoms. The van der Waals surface area contributed by atoms with Crippen molar-refractivity contribution in [1.29, 1.82) is 0 Å². The first kappa shape index (κ1) is 14.4. The fourth-order valence-corrected chi connectivity index (χ4v) is 2.13. The summed E-state index contributed by atoms with van der Waals surface area (Å²) in [4.78, 5) is 23.0.